The second kappa shape index (κ2) is 5.76. The summed E-state index contributed by atoms with van der Waals surface area (Å²) in [5.74, 6) is -0.158. The molecule has 0 bridgehead atoms. The molecule has 3 aromatic rings. The van der Waals surface area contributed by atoms with Gasteiger partial charge in [0, 0.05) is 29.0 Å². The molecule has 2 heterocycles. The van der Waals surface area contributed by atoms with E-state index >= 15 is 0 Å². The number of hydrogen-bond donors (Lipinski definition) is 2. The van der Waals surface area contributed by atoms with Crippen LogP contribution in [0.5, 0.6) is 0 Å². The molecule has 0 fully saturated rings. The zero-order valence-corrected chi connectivity index (χ0v) is 11.9. The van der Waals surface area contributed by atoms with Gasteiger partial charge in [0.15, 0.2) is 0 Å². The number of amides is 1. The number of aromatic nitrogens is 3. The van der Waals surface area contributed by atoms with Gasteiger partial charge >= 0.3 is 0 Å². The van der Waals surface area contributed by atoms with Gasteiger partial charge in [-0.1, -0.05) is 12.1 Å². The number of hydrogen-bond acceptors (Lipinski definition) is 5. The predicted molar refractivity (Wildman–Crippen MR) is 82.8 cm³/mol. The first kappa shape index (κ1) is 13.3. The Labute approximate surface area is 125 Å². The number of nitrogens with two attached hydrogens (primary N) is 1. The van der Waals surface area contributed by atoms with Gasteiger partial charge in [-0.25, -0.2) is 4.98 Å². The van der Waals surface area contributed by atoms with Crippen LogP contribution in [0.25, 0.3) is 10.6 Å². The lowest BCUT2D eigenvalue weighted by molar-refractivity contribution is -0.116. The largest absolute Gasteiger partial charge is 0.396 e. The number of carbonyl (C=O) groups is 1. The molecule has 0 saturated carbocycles. The molecule has 0 aliphatic carbocycles. The highest BCUT2D eigenvalue weighted by molar-refractivity contribution is 7.13. The van der Waals surface area contributed by atoms with Crippen molar-refractivity contribution in [2.45, 2.75) is 6.54 Å². The van der Waals surface area contributed by atoms with Crippen LogP contribution in [0.2, 0.25) is 0 Å². The van der Waals surface area contributed by atoms with Gasteiger partial charge in [-0.15, -0.1) is 11.3 Å². The molecule has 0 atom stereocenters. The van der Waals surface area contributed by atoms with Crippen LogP contribution in [0, 0.1) is 0 Å². The Morgan fingerprint density at radius 2 is 2.33 bits per heavy atom. The van der Waals surface area contributed by atoms with Gasteiger partial charge in [-0.2, -0.15) is 5.10 Å². The van der Waals surface area contributed by atoms with Gasteiger partial charge in [0.05, 0.1) is 11.9 Å². The second-order valence-electron chi connectivity index (χ2n) is 4.44. The van der Waals surface area contributed by atoms with Gasteiger partial charge in [-0.05, 0) is 12.1 Å². The molecule has 7 heteroatoms. The second-order valence-corrected chi connectivity index (χ2v) is 5.33. The maximum absolute atomic E-state index is 12.0. The first-order valence-corrected chi connectivity index (χ1v) is 7.16. The normalized spacial score (nSPS) is 10.5. The van der Waals surface area contributed by atoms with E-state index in [1.54, 1.807) is 23.7 Å². The van der Waals surface area contributed by atoms with Gasteiger partial charge in [0.25, 0.3) is 0 Å². The average molecular weight is 299 g/mol. The smallest absolute Gasteiger partial charge is 0.246 e. The number of rotatable bonds is 4. The number of nitrogens with zero attached hydrogens (tertiary/aromatic N) is 3. The first-order chi connectivity index (χ1) is 10.2. The van der Waals surface area contributed by atoms with Crippen LogP contribution in [0.4, 0.5) is 11.4 Å². The lowest BCUT2D eigenvalue weighted by Gasteiger charge is -2.06. The fraction of sp³-hybridized carbons (Fsp3) is 0.0714. The van der Waals surface area contributed by atoms with E-state index in [-0.39, 0.29) is 12.5 Å². The Balaban J connectivity index is 1.70. The van der Waals surface area contributed by atoms with Crippen molar-refractivity contribution in [3.63, 3.8) is 0 Å². The molecular formula is C14H13N5OS. The molecule has 1 amide bonds. The average Bonchev–Trinajstić information content (AvgIpc) is 3.11. The standard InChI is InChI=1S/C14H13N5OS/c15-11-7-17-19(8-11)9-13(20)18-12-3-1-2-10(6-12)14-16-4-5-21-14/h1-8H,9,15H2,(H,18,20). The number of nitrogens with one attached hydrogen (secondary N) is 1. The predicted octanol–water partition coefficient (Wildman–Crippen LogP) is 2.23. The first-order valence-electron chi connectivity index (χ1n) is 6.28. The summed E-state index contributed by atoms with van der Waals surface area (Å²) < 4.78 is 1.50. The Morgan fingerprint density at radius 3 is 3.05 bits per heavy atom. The molecule has 2 aromatic heterocycles. The van der Waals surface area contributed by atoms with E-state index in [2.05, 4.69) is 15.4 Å². The van der Waals surface area contributed by atoms with E-state index in [0.29, 0.717) is 5.69 Å². The summed E-state index contributed by atoms with van der Waals surface area (Å²) in [6, 6.07) is 7.58. The van der Waals surface area contributed by atoms with Crippen LogP contribution in [0.1, 0.15) is 0 Å². The van der Waals surface area contributed by atoms with Crippen LogP contribution in [-0.2, 0) is 11.3 Å². The zero-order chi connectivity index (χ0) is 14.7. The van der Waals surface area contributed by atoms with Crippen LogP contribution in [0.3, 0.4) is 0 Å². The van der Waals surface area contributed by atoms with Crippen LogP contribution in [0.15, 0.2) is 48.2 Å². The molecule has 0 saturated heterocycles. The van der Waals surface area contributed by atoms with E-state index in [9.17, 15) is 4.79 Å². The van der Waals surface area contributed by atoms with E-state index in [1.807, 2.05) is 29.6 Å². The van der Waals surface area contributed by atoms with E-state index < -0.39 is 0 Å². The fourth-order valence-corrected chi connectivity index (χ4v) is 2.55. The third-order valence-electron chi connectivity index (χ3n) is 2.78. The summed E-state index contributed by atoms with van der Waals surface area (Å²) in [5, 5.41) is 9.66. The van der Waals surface area contributed by atoms with Crippen molar-refractivity contribution >= 4 is 28.6 Å². The van der Waals surface area contributed by atoms with Gasteiger partial charge < -0.3 is 11.1 Å². The quantitative estimate of drug-likeness (QED) is 0.773. The molecule has 1 aromatic carbocycles. The molecule has 0 unspecified atom stereocenters. The molecule has 21 heavy (non-hydrogen) atoms. The molecule has 0 spiro atoms. The Kier molecular flexibility index (Phi) is 3.65. The molecule has 6 nitrogen and oxygen atoms in total. The van der Waals surface area contributed by atoms with Crippen molar-refractivity contribution in [2.24, 2.45) is 0 Å². The number of nitrogen functional groups attached to an aromatic ring is 1. The molecular weight excluding hydrogens is 286 g/mol. The molecule has 0 radical (unpaired) electrons. The summed E-state index contributed by atoms with van der Waals surface area (Å²) in [6.07, 6.45) is 4.88. The van der Waals surface area contributed by atoms with Gasteiger partial charge in [-0.3, -0.25) is 9.48 Å². The van der Waals surface area contributed by atoms with E-state index in [1.165, 1.54) is 10.9 Å². The number of anilines is 2. The fourth-order valence-electron chi connectivity index (χ4n) is 1.91. The molecule has 106 valence electrons. The SMILES string of the molecule is Nc1cnn(CC(=O)Nc2cccc(-c3nccs3)c2)c1. The van der Waals surface area contributed by atoms with Crippen molar-refractivity contribution in [1.82, 2.24) is 14.8 Å². The summed E-state index contributed by atoms with van der Waals surface area (Å²) in [4.78, 5) is 16.2. The molecule has 0 aliphatic heterocycles. The Hall–Kier alpha value is -2.67. The van der Waals surface area contributed by atoms with Crippen LogP contribution >= 0.6 is 11.3 Å². The summed E-state index contributed by atoms with van der Waals surface area (Å²) in [5.41, 5.74) is 7.80. The minimum Gasteiger partial charge on any atom is -0.396 e. The van der Waals surface area contributed by atoms with Crippen molar-refractivity contribution in [1.29, 1.82) is 0 Å². The summed E-state index contributed by atoms with van der Waals surface area (Å²) >= 11 is 1.56. The zero-order valence-electron chi connectivity index (χ0n) is 11.1. The minimum atomic E-state index is -0.158. The summed E-state index contributed by atoms with van der Waals surface area (Å²) in [7, 11) is 0. The highest BCUT2D eigenvalue weighted by Gasteiger charge is 2.06. The van der Waals surface area contributed by atoms with Gasteiger partial charge in [0.1, 0.15) is 11.6 Å². The molecule has 0 aliphatic rings. The van der Waals surface area contributed by atoms with E-state index in [4.69, 9.17) is 5.73 Å². The van der Waals surface area contributed by atoms with Crippen molar-refractivity contribution < 1.29 is 4.79 Å². The van der Waals surface area contributed by atoms with Crippen LogP contribution < -0.4 is 11.1 Å². The third-order valence-corrected chi connectivity index (χ3v) is 3.61. The van der Waals surface area contributed by atoms with Gasteiger partial charge in [0.2, 0.25) is 5.91 Å². The monoisotopic (exact) mass is 299 g/mol. The highest BCUT2D eigenvalue weighted by Crippen LogP contribution is 2.24. The number of benzene rings is 1. The Morgan fingerprint density at radius 1 is 1.43 bits per heavy atom. The van der Waals surface area contributed by atoms with Crippen molar-refractivity contribution in [2.75, 3.05) is 11.1 Å². The number of thiazole rings is 1. The molecule has 3 N–H and O–H groups in total. The maximum Gasteiger partial charge on any atom is 0.246 e. The van der Waals surface area contributed by atoms with Crippen LogP contribution in [-0.4, -0.2) is 20.7 Å². The van der Waals surface area contributed by atoms with Crippen molar-refractivity contribution in [3.8, 4) is 10.6 Å². The minimum absolute atomic E-state index is 0.124. The third kappa shape index (κ3) is 3.26. The van der Waals surface area contributed by atoms with E-state index in [0.717, 1.165) is 16.3 Å². The lowest BCUT2D eigenvalue weighted by atomic mass is 10.2. The highest BCUT2D eigenvalue weighted by atomic mass is 32.1. The van der Waals surface area contributed by atoms with Crippen molar-refractivity contribution in [3.05, 3.63) is 48.2 Å². The summed E-state index contributed by atoms with van der Waals surface area (Å²) in [6.45, 7) is 0.124. The maximum atomic E-state index is 12.0. The Bertz CT molecular complexity index is 750. The number of carbonyl (C=O) groups excluding carboxylic acids is 1. The topological polar surface area (TPSA) is 85.8 Å². The lowest BCUT2D eigenvalue weighted by Crippen LogP contribution is -2.18. The molecule has 3 rings (SSSR count).